The minimum atomic E-state index is -0.260. The van der Waals surface area contributed by atoms with Crippen molar-refractivity contribution in [1.29, 1.82) is 0 Å². The molecule has 0 fully saturated rings. The Labute approximate surface area is 150 Å². The van der Waals surface area contributed by atoms with Crippen LogP contribution in [0.4, 0.5) is 0 Å². The van der Waals surface area contributed by atoms with Gasteiger partial charge in [0.2, 0.25) is 0 Å². The zero-order valence-corrected chi connectivity index (χ0v) is 15.0. The molecule has 2 aromatic rings. The van der Waals surface area contributed by atoms with Gasteiger partial charge in [-0.15, -0.1) is 0 Å². The van der Waals surface area contributed by atoms with Gasteiger partial charge in [0.05, 0.1) is 14.2 Å². The molecule has 0 aromatic heterocycles. The third kappa shape index (κ3) is 3.39. The first-order valence-corrected chi connectivity index (χ1v) is 8.51. The van der Waals surface area contributed by atoms with Crippen LogP contribution in [-0.2, 0) is 5.41 Å². The molecule has 0 radical (unpaired) electrons. The summed E-state index contributed by atoms with van der Waals surface area (Å²) in [6, 6.07) is 16.7. The molecule has 1 aliphatic carbocycles. The number of methoxy groups -OCH3 is 2. The van der Waals surface area contributed by atoms with Gasteiger partial charge in [-0.25, -0.2) is 0 Å². The zero-order valence-electron chi connectivity index (χ0n) is 15.0. The molecule has 0 amide bonds. The normalized spacial score (nSPS) is 14.0. The maximum absolute atomic E-state index is 5.33. The van der Waals surface area contributed by atoms with Crippen molar-refractivity contribution in [3.63, 3.8) is 0 Å². The lowest BCUT2D eigenvalue weighted by molar-refractivity contribution is 0.414. The summed E-state index contributed by atoms with van der Waals surface area (Å²) in [4.78, 5) is 0. The van der Waals surface area contributed by atoms with E-state index >= 15 is 0 Å². The predicted octanol–water partition coefficient (Wildman–Crippen LogP) is 5.45. The maximum atomic E-state index is 5.33. The van der Waals surface area contributed by atoms with Gasteiger partial charge in [0.25, 0.3) is 0 Å². The van der Waals surface area contributed by atoms with Gasteiger partial charge in [-0.2, -0.15) is 0 Å². The van der Waals surface area contributed by atoms with E-state index in [1.54, 1.807) is 14.2 Å². The van der Waals surface area contributed by atoms with Crippen molar-refractivity contribution >= 4 is 0 Å². The predicted molar refractivity (Wildman–Crippen MR) is 103 cm³/mol. The van der Waals surface area contributed by atoms with E-state index < -0.39 is 0 Å². The van der Waals surface area contributed by atoms with E-state index in [2.05, 4.69) is 61.6 Å². The molecule has 25 heavy (non-hydrogen) atoms. The van der Waals surface area contributed by atoms with E-state index in [0.717, 1.165) is 17.9 Å². The van der Waals surface area contributed by atoms with Crippen molar-refractivity contribution in [2.24, 2.45) is 0 Å². The highest BCUT2D eigenvalue weighted by Gasteiger charge is 2.32. The van der Waals surface area contributed by atoms with Crippen LogP contribution in [-0.4, -0.2) is 14.2 Å². The number of allylic oxidation sites excluding steroid dienone is 6. The smallest absolute Gasteiger partial charge is 0.118 e. The first-order valence-electron chi connectivity index (χ1n) is 8.51. The average molecular weight is 332 g/mol. The number of benzene rings is 2. The Hall–Kier alpha value is -2.74. The van der Waals surface area contributed by atoms with Crippen molar-refractivity contribution in [3.8, 4) is 11.5 Å². The highest BCUT2D eigenvalue weighted by molar-refractivity contribution is 5.54. The Balaban J connectivity index is 2.15. The molecule has 0 N–H and O–H groups in total. The highest BCUT2D eigenvalue weighted by atomic mass is 16.5. The maximum Gasteiger partial charge on any atom is 0.118 e. The van der Waals surface area contributed by atoms with Crippen molar-refractivity contribution in [2.75, 3.05) is 14.2 Å². The zero-order chi connectivity index (χ0) is 17.7. The summed E-state index contributed by atoms with van der Waals surface area (Å²) in [5, 5.41) is 0. The van der Waals surface area contributed by atoms with Gasteiger partial charge >= 0.3 is 0 Å². The van der Waals surface area contributed by atoms with Crippen molar-refractivity contribution < 1.29 is 9.47 Å². The molecule has 0 atom stereocenters. The third-order valence-electron chi connectivity index (χ3n) is 4.89. The number of ether oxygens (including phenoxy) is 2. The molecule has 128 valence electrons. The number of hydrogen-bond donors (Lipinski definition) is 0. The van der Waals surface area contributed by atoms with E-state index in [-0.39, 0.29) is 5.41 Å². The molecule has 3 rings (SSSR count). The SMILES string of the molecule is COc1ccc(C(C)(C2=CC=CCC=C2)c2ccc(OC)cc2)cc1. The number of hydrogen-bond acceptors (Lipinski definition) is 2. The Bertz CT molecular complexity index is 745. The van der Waals surface area contributed by atoms with Gasteiger partial charge in [-0.05, 0) is 54.3 Å². The molecule has 0 spiro atoms. The van der Waals surface area contributed by atoms with Crippen LogP contribution in [0.3, 0.4) is 0 Å². The summed E-state index contributed by atoms with van der Waals surface area (Å²) in [7, 11) is 3.39. The molecule has 0 saturated heterocycles. The highest BCUT2D eigenvalue weighted by Crippen LogP contribution is 2.41. The summed E-state index contributed by atoms with van der Waals surface area (Å²) in [5.74, 6) is 1.73. The molecular weight excluding hydrogens is 308 g/mol. The second kappa shape index (κ2) is 7.43. The van der Waals surface area contributed by atoms with Crippen LogP contribution in [0.5, 0.6) is 11.5 Å². The standard InChI is InChI=1S/C23H24O2/c1-23(18-8-6-4-5-7-9-18,19-10-14-21(24-2)15-11-19)20-12-16-22(25-3)17-13-20/h4,6-17H,5H2,1-3H3. The van der Waals surface area contributed by atoms with E-state index in [9.17, 15) is 0 Å². The van der Waals surface area contributed by atoms with Crippen LogP contribution < -0.4 is 9.47 Å². The minimum Gasteiger partial charge on any atom is -0.497 e. The van der Waals surface area contributed by atoms with E-state index in [0.29, 0.717) is 0 Å². The molecule has 0 unspecified atom stereocenters. The summed E-state index contributed by atoms with van der Waals surface area (Å²) < 4.78 is 10.7. The van der Waals surface area contributed by atoms with Crippen molar-refractivity contribution in [1.82, 2.24) is 0 Å². The summed E-state index contributed by atoms with van der Waals surface area (Å²) in [5.41, 5.74) is 3.45. The Morgan fingerprint density at radius 2 is 1.28 bits per heavy atom. The largest absolute Gasteiger partial charge is 0.497 e. The molecule has 2 heteroatoms. The quantitative estimate of drug-likeness (QED) is 0.724. The van der Waals surface area contributed by atoms with Crippen LogP contribution in [0.1, 0.15) is 24.5 Å². The van der Waals surface area contributed by atoms with Crippen LogP contribution in [0.25, 0.3) is 0 Å². The topological polar surface area (TPSA) is 18.5 Å². The molecule has 0 aliphatic heterocycles. The molecule has 1 aliphatic rings. The minimum absolute atomic E-state index is 0.260. The summed E-state index contributed by atoms with van der Waals surface area (Å²) in [6.45, 7) is 2.27. The van der Waals surface area contributed by atoms with Crippen LogP contribution >= 0.6 is 0 Å². The van der Waals surface area contributed by atoms with Gasteiger partial charge in [0.15, 0.2) is 0 Å². The summed E-state index contributed by atoms with van der Waals surface area (Å²) >= 11 is 0. The Kier molecular flexibility index (Phi) is 5.08. The lowest BCUT2D eigenvalue weighted by atomic mass is 9.70. The van der Waals surface area contributed by atoms with E-state index in [1.807, 2.05) is 24.3 Å². The Morgan fingerprint density at radius 3 is 1.76 bits per heavy atom. The van der Waals surface area contributed by atoms with Gasteiger partial charge in [-0.1, -0.05) is 54.6 Å². The fourth-order valence-corrected chi connectivity index (χ4v) is 3.26. The average Bonchev–Trinajstić information content (AvgIpc) is 2.97. The second-order valence-electron chi connectivity index (χ2n) is 6.27. The molecule has 0 heterocycles. The molecule has 2 aromatic carbocycles. The summed E-state index contributed by atoms with van der Waals surface area (Å²) in [6.07, 6.45) is 11.9. The van der Waals surface area contributed by atoms with Gasteiger partial charge in [0.1, 0.15) is 11.5 Å². The molecular formula is C23H24O2. The van der Waals surface area contributed by atoms with E-state index in [1.165, 1.54) is 16.7 Å². The van der Waals surface area contributed by atoms with Crippen LogP contribution in [0.2, 0.25) is 0 Å². The van der Waals surface area contributed by atoms with Crippen LogP contribution in [0.15, 0.2) is 84.5 Å². The van der Waals surface area contributed by atoms with Gasteiger partial charge in [0, 0.05) is 5.41 Å². The monoisotopic (exact) mass is 332 g/mol. The lowest BCUT2D eigenvalue weighted by Gasteiger charge is -2.33. The second-order valence-corrected chi connectivity index (χ2v) is 6.27. The molecule has 0 saturated carbocycles. The fraction of sp³-hybridized carbons (Fsp3) is 0.217. The van der Waals surface area contributed by atoms with Crippen molar-refractivity contribution in [3.05, 3.63) is 95.6 Å². The lowest BCUT2D eigenvalue weighted by Crippen LogP contribution is -2.25. The van der Waals surface area contributed by atoms with Crippen molar-refractivity contribution in [2.45, 2.75) is 18.8 Å². The third-order valence-corrected chi connectivity index (χ3v) is 4.89. The Morgan fingerprint density at radius 1 is 0.760 bits per heavy atom. The fourth-order valence-electron chi connectivity index (χ4n) is 3.26. The van der Waals surface area contributed by atoms with E-state index in [4.69, 9.17) is 9.47 Å². The van der Waals surface area contributed by atoms with Crippen LogP contribution in [0, 0.1) is 0 Å². The first-order chi connectivity index (χ1) is 12.2. The molecule has 2 nitrogen and oxygen atoms in total. The van der Waals surface area contributed by atoms with Gasteiger partial charge in [-0.3, -0.25) is 0 Å². The first kappa shape index (κ1) is 17.1. The molecule has 0 bridgehead atoms. The van der Waals surface area contributed by atoms with Gasteiger partial charge < -0.3 is 9.47 Å². The number of rotatable bonds is 5.